The van der Waals surface area contributed by atoms with Gasteiger partial charge in [0.1, 0.15) is 5.82 Å². The van der Waals surface area contributed by atoms with E-state index in [2.05, 4.69) is 27.4 Å². The van der Waals surface area contributed by atoms with Gasteiger partial charge in [-0.15, -0.1) is 0 Å². The fraction of sp³-hybridized carbons (Fsp3) is 0.361. The van der Waals surface area contributed by atoms with Crippen LogP contribution >= 0.6 is 0 Å². The number of amides is 1. The van der Waals surface area contributed by atoms with Gasteiger partial charge in [-0.1, -0.05) is 12.1 Å². The molecule has 9 heteroatoms. The quantitative estimate of drug-likeness (QED) is 0.204. The molecule has 1 aliphatic rings. The van der Waals surface area contributed by atoms with Crippen LogP contribution in [0.4, 0.5) is 15.8 Å². The van der Waals surface area contributed by atoms with Crippen LogP contribution in [0.25, 0.3) is 22.2 Å². The Balaban J connectivity index is 1.16. The molecule has 3 heterocycles. The lowest BCUT2D eigenvalue weighted by molar-refractivity contribution is 0.0786. The zero-order valence-electron chi connectivity index (χ0n) is 26.6. The van der Waals surface area contributed by atoms with E-state index in [0.29, 0.717) is 22.9 Å². The average molecular weight is 609 g/mol. The Morgan fingerprint density at radius 1 is 0.933 bits per heavy atom. The number of hydrogen-bond donors (Lipinski definition) is 2. The van der Waals surface area contributed by atoms with Gasteiger partial charge >= 0.3 is 0 Å². The minimum Gasteiger partial charge on any atom is -0.386 e. The number of nitrogens with one attached hydrogen (secondary N) is 1. The monoisotopic (exact) mass is 608 g/mol. The third-order valence-electron chi connectivity index (χ3n) is 8.65. The van der Waals surface area contributed by atoms with Crippen molar-refractivity contribution in [1.29, 1.82) is 0 Å². The Kier molecular flexibility index (Phi) is 7.99. The predicted octanol–water partition coefficient (Wildman–Crippen LogP) is 7.19. The lowest BCUT2D eigenvalue weighted by Gasteiger charge is -2.34. The number of rotatable bonds is 7. The second-order valence-corrected chi connectivity index (χ2v) is 13.6. The van der Waals surface area contributed by atoms with Crippen molar-refractivity contribution in [2.75, 3.05) is 23.3 Å². The van der Waals surface area contributed by atoms with Gasteiger partial charge in [-0.05, 0) is 114 Å². The molecule has 0 bridgehead atoms. The summed E-state index contributed by atoms with van der Waals surface area (Å²) in [6.07, 6.45) is 5.56. The molecule has 234 valence electrons. The maximum absolute atomic E-state index is 13.7. The Morgan fingerprint density at radius 2 is 1.62 bits per heavy atom. The highest BCUT2D eigenvalue weighted by Gasteiger charge is 2.26. The zero-order chi connectivity index (χ0) is 31.9. The van der Waals surface area contributed by atoms with E-state index in [1.807, 2.05) is 66.7 Å². The number of fused-ring (bicyclic) bond motifs is 1. The Morgan fingerprint density at radius 3 is 2.27 bits per heavy atom. The molecule has 0 atom stereocenters. The van der Waals surface area contributed by atoms with Crippen LogP contribution in [-0.4, -0.2) is 43.7 Å². The van der Waals surface area contributed by atoms with E-state index >= 15 is 0 Å². The molecule has 0 unspecified atom stereocenters. The molecule has 1 aliphatic heterocycles. The highest BCUT2D eigenvalue weighted by atomic mass is 19.1. The number of piperidine rings is 1. The van der Waals surface area contributed by atoms with E-state index < -0.39 is 5.60 Å². The summed E-state index contributed by atoms with van der Waals surface area (Å²) >= 11 is 0. The van der Waals surface area contributed by atoms with Crippen LogP contribution < -0.4 is 10.2 Å². The van der Waals surface area contributed by atoms with Crippen molar-refractivity contribution in [3.8, 4) is 11.3 Å². The molecular formula is C36H41FN6O2. The van der Waals surface area contributed by atoms with E-state index in [0.717, 1.165) is 54.5 Å². The summed E-state index contributed by atoms with van der Waals surface area (Å²) in [4.78, 5) is 16.0. The lowest BCUT2D eigenvalue weighted by atomic mass is 9.95. The molecule has 0 radical (unpaired) electrons. The van der Waals surface area contributed by atoms with E-state index in [1.165, 1.54) is 17.8 Å². The molecule has 0 aliphatic carbocycles. The van der Waals surface area contributed by atoms with Crippen molar-refractivity contribution >= 4 is 28.2 Å². The third-order valence-corrected chi connectivity index (χ3v) is 8.65. The van der Waals surface area contributed by atoms with Gasteiger partial charge in [0.25, 0.3) is 5.91 Å². The molecule has 2 aromatic heterocycles. The van der Waals surface area contributed by atoms with Gasteiger partial charge in [0.05, 0.1) is 40.3 Å². The third kappa shape index (κ3) is 6.49. The maximum Gasteiger partial charge on any atom is 0.259 e. The largest absolute Gasteiger partial charge is 0.386 e. The fourth-order valence-electron chi connectivity index (χ4n) is 6.10. The molecule has 0 spiro atoms. The first-order valence-electron chi connectivity index (χ1n) is 15.6. The summed E-state index contributed by atoms with van der Waals surface area (Å²) in [5.41, 5.74) is 4.30. The summed E-state index contributed by atoms with van der Waals surface area (Å²) in [5.74, 6) is -0.127. The first kappa shape index (κ1) is 30.5. The van der Waals surface area contributed by atoms with Gasteiger partial charge in [0, 0.05) is 42.0 Å². The highest BCUT2D eigenvalue weighted by molar-refractivity contribution is 6.08. The molecule has 1 amide bonds. The van der Waals surface area contributed by atoms with Gasteiger partial charge in [-0.25, -0.2) is 4.39 Å². The topological polar surface area (TPSA) is 88.2 Å². The van der Waals surface area contributed by atoms with E-state index in [1.54, 1.807) is 32.2 Å². The lowest BCUT2D eigenvalue weighted by Crippen LogP contribution is -2.35. The maximum atomic E-state index is 13.7. The number of aromatic nitrogens is 4. The van der Waals surface area contributed by atoms with Crippen molar-refractivity contribution in [1.82, 2.24) is 19.6 Å². The highest BCUT2D eigenvalue weighted by Crippen LogP contribution is 2.31. The van der Waals surface area contributed by atoms with Crippen molar-refractivity contribution in [3.05, 3.63) is 96.1 Å². The van der Waals surface area contributed by atoms with Crippen LogP contribution in [0.15, 0.2) is 79.1 Å². The Labute approximate surface area is 263 Å². The molecule has 1 fully saturated rings. The second-order valence-electron chi connectivity index (χ2n) is 13.6. The smallest absolute Gasteiger partial charge is 0.259 e. The van der Waals surface area contributed by atoms with Crippen LogP contribution in [0.2, 0.25) is 0 Å². The summed E-state index contributed by atoms with van der Waals surface area (Å²) in [7, 11) is 0. The molecule has 5 aromatic rings. The minimum absolute atomic E-state index is 0.279. The molecular weight excluding hydrogens is 567 g/mol. The summed E-state index contributed by atoms with van der Waals surface area (Å²) in [6, 6.07) is 20.2. The number of benzene rings is 3. The molecule has 8 nitrogen and oxygen atoms in total. The van der Waals surface area contributed by atoms with Gasteiger partial charge in [-0.2, -0.15) is 10.2 Å². The molecule has 1 saturated heterocycles. The molecule has 3 aromatic carbocycles. The molecule has 0 saturated carbocycles. The second kappa shape index (κ2) is 11.8. The van der Waals surface area contributed by atoms with Gasteiger partial charge in [0.2, 0.25) is 0 Å². The first-order chi connectivity index (χ1) is 21.4. The zero-order valence-corrected chi connectivity index (χ0v) is 26.6. The van der Waals surface area contributed by atoms with Crippen LogP contribution in [0, 0.1) is 11.7 Å². The number of anilines is 2. The van der Waals surface area contributed by atoms with Crippen molar-refractivity contribution in [2.45, 2.75) is 65.1 Å². The van der Waals surface area contributed by atoms with Gasteiger partial charge < -0.3 is 15.3 Å². The summed E-state index contributed by atoms with van der Waals surface area (Å²) in [6.45, 7) is 12.4. The van der Waals surface area contributed by atoms with E-state index in [-0.39, 0.29) is 17.3 Å². The van der Waals surface area contributed by atoms with Crippen molar-refractivity contribution in [2.24, 2.45) is 5.92 Å². The standard InChI is InChI=1S/C36H41FN6O2/c1-35(2,3)43-33(25-6-11-28(37)12-7-25)31(22-39-43)34(44)40-29-13-8-26-21-38-42(32(26)20-29)23-24-16-18-41(19-17-24)30-14-9-27(10-15-30)36(4,5)45/h6-15,20-22,24,45H,16-19,23H2,1-5H3,(H,40,44). The number of hydrogen-bond acceptors (Lipinski definition) is 5. The molecule has 6 rings (SSSR count). The fourth-order valence-corrected chi connectivity index (χ4v) is 6.10. The van der Waals surface area contributed by atoms with E-state index in [9.17, 15) is 14.3 Å². The first-order valence-corrected chi connectivity index (χ1v) is 15.6. The predicted molar refractivity (Wildman–Crippen MR) is 177 cm³/mol. The minimum atomic E-state index is -0.844. The Hall–Kier alpha value is -4.50. The van der Waals surface area contributed by atoms with Crippen LogP contribution in [-0.2, 0) is 17.7 Å². The molecule has 2 N–H and O–H groups in total. The summed E-state index contributed by atoms with van der Waals surface area (Å²) < 4.78 is 17.6. The number of carbonyl (C=O) groups is 1. The van der Waals surface area contributed by atoms with Crippen LogP contribution in [0.3, 0.4) is 0 Å². The van der Waals surface area contributed by atoms with Gasteiger partial charge in [0.15, 0.2) is 0 Å². The normalized spacial score (nSPS) is 14.7. The van der Waals surface area contributed by atoms with Crippen LogP contribution in [0.1, 0.15) is 63.4 Å². The summed E-state index contributed by atoms with van der Waals surface area (Å²) in [5, 5.41) is 23.6. The number of carbonyl (C=O) groups excluding carboxylic acids is 1. The van der Waals surface area contributed by atoms with Crippen LogP contribution in [0.5, 0.6) is 0 Å². The number of aliphatic hydroxyl groups is 1. The number of nitrogens with zero attached hydrogens (tertiary/aromatic N) is 5. The van der Waals surface area contributed by atoms with Crippen molar-refractivity contribution < 1.29 is 14.3 Å². The molecule has 45 heavy (non-hydrogen) atoms. The average Bonchev–Trinajstić information content (AvgIpc) is 3.63. The van der Waals surface area contributed by atoms with E-state index in [4.69, 9.17) is 5.10 Å². The van der Waals surface area contributed by atoms with Crippen molar-refractivity contribution in [3.63, 3.8) is 0 Å². The van der Waals surface area contributed by atoms with Gasteiger partial charge in [-0.3, -0.25) is 14.2 Å². The number of halogens is 1. The Bertz CT molecular complexity index is 1800. The SMILES string of the molecule is CC(C)(O)c1ccc(N2CCC(Cn3ncc4ccc(NC(=O)c5cnn(C(C)(C)C)c5-c5ccc(F)cc5)cc43)CC2)cc1.